The van der Waals surface area contributed by atoms with Crippen molar-refractivity contribution >= 4 is 62.9 Å². The highest BCUT2D eigenvalue weighted by Crippen LogP contribution is 2.40. The summed E-state index contributed by atoms with van der Waals surface area (Å²) in [7, 11) is 0. The van der Waals surface area contributed by atoms with Crippen LogP contribution < -0.4 is 0 Å². The predicted molar refractivity (Wildman–Crippen MR) is 140 cm³/mol. The number of aryl methyl sites for hydroxylation is 2. The number of benzene rings is 2. The monoisotopic (exact) mass is 577 g/mol. The Kier molecular flexibility index (Phi) is 7.08. The zero-order chi connectivity index (χ0) is 23.7. The highest BCUT2D eigenvalue weighted by molar-refractivity contribution is 14.1. The van der Waals surface area contributed by atoms with E-state index in [4.69, 9.17) is 4.99 Å². The fraction of sp³-hybridized carbons (Fsp3) is 0.333. The Morgan fingerprint density at radius 3 is 2.45 bits per heavy atom. The maximum atomic E-state index is 13.5. The van der Waals surface area contributed by atoms with E-state index in [0.29, 0.717) is 19.2 Å². The molecule has 1 saturated carbocycles. The largest absolute Gasteiger partial charge is 0.501 e. The van der Waals surface area contributed by atoms with E-state index in [1.165, 1.54) is 24.2 Å². The standard InChI is InChI=1S/C24H24IN3O4S/c1-14-8-15(2)10-17(9-14)26-24-27(18-6-4-3-5-7-18)23(30)21(33-24)13-16-11-19(25)22(29)20(12-16)28(31)32/h8-13,18,29H,3-7H2,1-2H3. The molecule has 1 amide bonds. The molecular formula is C24H24IN3O4S. The first-order chi connectivity index (χ1) is 15.7. The third-order valence-electron chi connectivity index (χ3n) is 5.77. The first-order valence-electron chi connectivity index (χ1n) is 10.8. The summed E-state index contributed by atoms with van der Waals surface area (Å²) in [5, 5.41) is 22.0. The molecule has 1 N–H and O–H groups in total. The van der Waals surface area contributed by atoms with Gasteiger partial charge >= 0.3 is 5.69 Å². The zero-order valence-electron chi connectivity index (χ0n) is 18.4. The molecule has 2 fully saturated rings. The Bertz CT molecular complexity index is 1170. The molecule has 2 aromatic rings. The third kappa shape index (κ3) is 5.24. The minimum atomic E-state index is -0.621. The van der Waals surface area contributed by atoms with Gasteiger partial charge < -0.3 is 5.11 Å². The minimum Gasteiger partial charge on any atom is -0.501 e. The molecule has 4 rings (SSSR count). The van der Waals surface area contributed by atoms with Gasteiger partial charge in [-0.2, -0.15) is 0 Å². The number of hydrogen-bond acceptors (Lipinski definition) is 6. The number of nitrogens with zero attached hydrogens (tertiary/aromatic N) is 3. The molecule has 0 atom stereocenters. The van der Waals surface area contributed by atoms with Crippen molar-refractivity contribution < 1.29 is 14.8 Å². The molecule has 1 aliphatic heterocycles. The number of rotatable bonds is 4. The molecule has 9 heteroatoms. The van der Waals surface area contributed by atoms with Gasteiger partial charge in [-0.05, 0) is 102 Å². The number of hydrogen-bond donors (Lipinski definition) is 1. The summed E-state index contributed by atoms with van der Waals surface area (Å²) < 4.78 is 0.359. The normalized spacial score (nSPS) is 19.6. The van der Waals surface area contributed by atoms with Gasteiger partial charge in [0.05, 0.1) is 19.1 Å². The Morgan fingerprint density at radius 2 is 1.82 bits per heavy atom. The summed E-state index contributed by atoms with van der Waals surface area (Å²) in [4.78, 5) is 31.3. The number of aliphatic imine (C=N–C) groups is 1. The second-order valence-electron chi connectivity index (χ2n) is 8.45. The van der Waals surface area contributed by atoms with Crippen molar-refractivity contribution in [1.82, 2.24) is 4.90 Å². The van der Waals surface area contributed by atoms with Crippen LogP contribution in [0.15, 0.2) is 40.2 Å². The van der Waals surface area contributed by atoms with Crippen molar-refractivity contribution in [3.8, 4) is 5.75 Å². The average molecular weight is 577 g/mol. The van der Waals surface area contributed by atoms with Crippen molar-refractivity contribution in [3.63, 3.8) is 0 Å². The molecule has 2 aromatic carbocycles. The van der Waals surface area contributed by atoms with Crippen LogP contribution in [0.25, 0.3) is 6.08 Å². The molecule has 0 bridgehead atoms. The second kappa shape index (κ2) is 9.84. The molecule has 0 radical (unpaired) electrons. The van der Waals surface area contributed by atoms with E-state index < -0.39 is 4.92 Å². The summed E-state index contributed by atoms with van der Waals surface area (Å²) in [5.41, 5.74) is 3.14. The number of amidine groups is 1. The Morgan fingerprint density at radius 1 is 1.15 bits per heavy atom. The van der Waals surface area contributed by atoms with Crippen molar-refractivity contribution in [3.05, 3.63) is 65.6 Å². The lowest BCUT2D eigenvalue weighted by Crippen LogP contribution is -2.40. The van der Waals surface area contributed by atoms with Crippen LogP contribution in [-0.2, 0) is 4.79 Å². The molecule has 1 heterocycles. The van der Waals surface area contributed by atoms with Crippen LogP contribution in [-0.4, -0.2) is 32.0 Å². The zero-order valence-corrected chi connectivity index (χ0v) is 21.4. The maximum absolute atomic E-state index is 13.5. The number of halogens is 1. The lowest BCUT2D eigenvalue weighted by Gasteiger charge is -2.30. The Labute approximate surface area is 210 Å². The average Bonchev–Trinajstić information content (AvgIpc) is 3.04. The summed E-state index contributed by atoms with van der Waals surface area (Å²) in [5.74, 6) is -0.491. The summed E-state index contributed by atoms with van der Waals surface area (Å²) in [6.45, 7) is 4.04. The van der Waals surface area contributed by atoms with Crippen LogP contribution in [0.3, 0.4) is 0 Å². The molecule has 7 nitrogen and oxygen atoms in total. The summed E-state index contributed by atoms with van der Waals surface area (Å²) in [6, 6.07) is 9.11. The van der Waals surface area contributed by atoms with Crippen LogP contribution in [0.1, 0.15) is 48.8 Å². The highest BCUT2D eigenvalue weighted by atomic mass is 127. The van der Waals surface area contributed by atoms with Crippen molar-refractivity contribution in [2.24, 2.45) is 4.99 Å². The first-order valence-corrected chi connectivity index (χ1v) is 12.7. The number of nitro groups is 1. The number of aromatic hydroxyl groups is 1. The molecule has 0 spiro atoms. The van der Waals surface area contributed by atoms with E-state index >= 15 is 0 Å². The molecule has 2 aliphatic rings. The van der Waals surface area contributed by atoms with Crippen molar-refractivity contribution in [1.29, 1.82) is 0 Å². The summed E-state index contributed by atoms with van der Waals surface area (Å²) in [6.07, 6.45) is 6.87. The van der Waals surface area contributed by atoms with E-state index in [1.807, 2.05) is 53.5 Å². The SMILES string of the molecule is Cc1cc(C)cc(N=C2SC(=Cc3cc(I)c(O)c([N+](=O)[O-])c3)C(=O)N2C2CCCCC2)c1. The number of nitro benzene ring substituents is 1. The fourth-order valence-corrected chi connectivity index (χ4v) is 6.02. The van der Waals surface area contributed by atoms with E-state index in [2.05, 4.69) is 6.07 Å². The molecule has 172 valence electrons. The van der Waals surface area contributed by atoms with Gasteiger partial charge in [0.1, 0.15) is 0 Å². The van der Waals surface area contributed by atoms with Crippen molar-refractivity contribution in [2.45, 2.75) is 52.0 Å². The Hall–Kier alpha value is -2.40. The topological polar surface area (TPSA) is 96.0 Å². The molecule has 0 aromatic heterocycles. The molecule has 1 aliphatic carbocycles. The quantitative estimate of drug-likeness (QED) is 0.195. The first kappa shape index (κ1) is 23.7. The number of carbonyl (C=O) groups excluding carboxylic acids is 1. The Balaban J connectivity index is 1.76. The second-order valence-corrected chi connectivity index (χ2v) is 10.6. The van der Waals surface area contributed by atoms with Gasteiger partial charge in [0.2, 0.25) is 5.75 Å². The smallest absolute Gasteiger partial charge is 0.312 e. The van der Waals surface area contributed by atoms with E-state index in [0.717, 1.165) is 42.5 Å². The molecular weight excluding hydrogens is 553 g/mol. The van der Waals surface area contributed by atoms with Gasteiger partial charge in [-0.1, -0.05) is 25.3 Å². The molecule has 1 saturated heterocycles. The van der Waals surface area contributed by atoms with Gasteiger partial charge in [-0.15, -0.1) is 0 Å². The lowest BCUT2D eigenvalue weighted by molar-refractivity contribution is -0.386. The predicted octanol–water partition coefficient (Wildman–Crippen LogP) is 6.46. The number of carbonyl (C=O) groups is 1. The van der Waals surface area contributed by atoms with E-state index in [1.54, 1.807) is 12.1 Å². The molecule has 0 unspecified atom stereocenters. The van der Waals surface area contributed by atoms with Crippen LogP contribution in [0, 0.1) is 27.5 Å². The van der Waals surface area contributed by atoms with E-state index in [9.17, 15) is 20.0 Å². The minimum absolute atomic E-state index is 0.101. The number of amides is 1. The van der Waals surface area contributed by atoms with E-state index in [-0.39, 0.29) is 23.4 Å². The highest BCUT2D eigenvalue weighted by Gasteiger charge is 2.38. The number of thioether (sulfide) groups is 1. The fourth-order valence-electron chi connectivity index (χ4n) is 4.33. The van der Waals surface area contributed by atoms with Crippen LogP contribution in [0.2, 0.25) is 0 Å². The summed E-state index contributed by atoms with van der Waals surface area (Å²) >= 11 is 3.15. The van der Waals surface area contributed by atoms with Gasteiger partial charge in [-0.3, -0.25) is 19.8 Å². The van der Waals surface area contributed by atoms with Gasteiger partial charge in [-0.25, -0.2) is 4.99 Å². The van der Waals surface area contributed by atoms with Crippen LogP contribution >= 0.6 is 34.4 Å². The number of phenols is 1. The van der Waals surface area contributed by atoms with Crippen LogP contribution in [0.4, 0.5) is 11.4 Å². The van der Waals surface area contributed by atoms with Gasteiger partial charge in [0, 0.05) is 12.1 Å². The number of phenolic OH excluding ortho intramolecular Hbond substituents is 1. The van der Waals surface area contributed by atoms with Gasteiger partial charge in [0.25, 0.3) is 5.91 Å². The maximum Gasteiger partial charge on any atom is 0.312 e. The third-order valence-corrected chi connectivity index (χ3v) is 7.57. The van der Waals surface area contributed by atoms with Crippen molar-refractivity contribution in [2.75, 3.05) is 0 Å². The van der Waals surface area contributed by atoms with Gasteiger partial charge in [0.15, 0.2) is 5.17 Å². The molecule has 33 heavy (non-hydrogen) atoms. The lowest BCUT2D eigenvalue weighted by atomic mass is 9.94. The van der Waals surface area contributed by atoms with Crippen LogP contribution in [0.5, 0.6) is 5.75 Å².